The largest absolute Gasteiger partial charge is 0.383 e. The number of aromatic nitrogens is 4. The molecule has 0 amide bonds. The molecule has 0 radical (unpaired) electrons. The summed E-state index contributed by atoms with van der Waals surface area (Å²) in [4.78, 5) is 0. The Morgan fingerprint density at radius 3 is 2.35 bits per heavy atom. The predicted octanol–water partition coefficient (Wildman–Crippen LogP) is 3.77. The summed E-state index contributed by atoms with van der Waals surface area (Å²) in [6, 6.07) is 19.8. The second-order valence-electron chi connectivity index (χ2n) is 7.37. The smallest absolute Gasteiger partial charge is 0.182 e. The van der Waals surface area contributed by atoms with Crippen LogP contribution in [0.4, 0.5) is 0 Å². The second kappa shape index (κ2) is 8.72. The maximum atomic E-state index is 6.90. The van der Waals surface area contributed by atoms with Crippen LogP contribution in [0.5, 0.6) is 0 Å². The van der Waals surface area contributed by atoms with Gasteiger partial charge in [0.25, 0.3) is 0 Å². The van der Waals surface area contributed by atoms with Crippen LogP contribution < -0.4 is 5.32 Å². The lowest BCUT2D eigenvalue weighted by atomic mass is 10.1. The molecule has 3 heterocycles. The van der Waals surface area contributed by atoms with E-state index in [1.165, 1.54) is 0 Å². The van der Waals surface area contributed by atoms with Crippen LogP contribution >= 0.6 is 11.6 Å². The molecule has 1 fully saturated rings. The van der Waals surface area contributed by atoms with Crippen molar-refractivity contribution in [1.29, 1.82) is 0 Å². The highest BCUT2D eigenvalue weighted by atomic mass is 35.5. The summed E-state index contributed by atoms with van der Waals surface area (Å²) >= 11 is 6.90. The van der Waals surface area contributed by atoms with Crippen LogP contribution in [0.15, 0.2) is 60.7 Å². The number of rotatable bonds is 8. The summed E-state index contributed by atoms with van der Waals surface area (Å²) in [6.45, 7) is 1.93. The van der Waals surface area contributed by atoms with E-state index in [-0.39, 0.29) is 12.3 Å². The molecule has 2 atom stereocenters. The van der Waals surface area contributed by atoms with Crippen molar-refractivity contribution in [2.24, 2.45) is 0 Å². The first kappa shape index (κ1) is 20.1. The average Bonchev–Trinajstić information content (AvgIpc) is 3.44. The lowest BCUT2D eigenvalue weighted by Crippen LogP contribution is -2.25. The monoisotopic (exact) mass is 435 g/mol. The zero-order chi connectivity index (χ0) is 21.2. The summed E-state index contributed by atoms with van der Waals surface area (Å²) < 4.78 is 12.7. The van der Waals surface area contributed by atoms with Crippen LogP contribution in [0.1, 0.15) is 0 Å². The van der Waals surface area contributed by atoms with Gasteiger partial charge in [0.15, 0.2) is 5.65 Å². The third-order valence-electron chi connectivity index (χ3n) is 5.28. The van der Waals surface area contributed by atoms with Crippen LogP contribution in [-0.2, 0) is 16.0 Å². The van der Waals surface area contributed by atoms with E-state index in [4.69, 9.17) is 26.2 Å². The first-order valence-electron chi connectivity index (χ1n) is 10.2. The van der Waals surface area contributed by atoms with Gasteiger partial charge in [-0.1, -0.05) is 72.3 Å². The predicted molar refractivity (Wildman–Crippen MR) is 120 cm³/mol. The summed E-state index contributed by atoms with van der Waals surface area (Å²) in [5, 5.41) is 18.5. The minimum absolute atomic E-state index is 0.0120. The number of methoxy groups -OCH3 is 1. The molecule has 158 valence electrons. The normalized spacial score (nSPS) is 17.9. The standard InChI is InChI=1S/C23H22ClN5O2/c1-30-13-12-25-23-17(31-23)14-29-22-18(20(28-29)15-8-4-2-5-9-15)19(24)21(26-27-22)16-10-6-3-7-11-16/h2-11,17,23,25H,12-14H2,1H3. The summed E-state index contributed by atoms with van der Waals surface area (Å²) in [5.41, 5.74) is 3.98. The minimum Gasteiger partial charge on any atom is -0.383 e. The van der Waals surface area contributed by atoms with Gasteiger partial charge < -0.3 is 9.47 Å². The molecule has 2 aromatic heterocycles. The Hall–Kier alpha value is -2.84. The second-order valence-corrected chi connectivity index (χ2v) is 7.74. The van der Waals surface area contributed by atoms with Gasteiger partial charge in [0, 0.05) is 24.8 Å². The maximum Gasteiger partial charge on any atom is 0.182 e. The molecular weight excluding hydrogens is 414 g/mol. The van der Waals surface area contributed by atoms with Gasteiger partial charge in [-0.2, -0.15) is 5.10 Å². The summed E-state index contributed by atoms with van der Waals surface area (Å²) in [6.07, 6.45) is -0.000414. The zero-order valence-corrected chi connectivity index (χ0v) is 17.8. The first-order valence-corrected chi connectivity index (χ1v) is 10.6. The van der Waals surface area contributed by atoms with Gasteiger partial charge in [0.2, 0.25) is 0 Å². The number of ether oxygens (including phenoxy) is 2. The van der Waals surface area contributed by atoms with Gasteiger partial charge in [0.1, 0.15) is 23.7 Å². The third kappa shape index (κ3) is 4.05. The van der Waals surface area contributed by atoms with E-state index < -0.39 is 0 Å². The molecule has 1 aliphatic rings. The number of nitrogens with zero attached hydrogens (tertiary/aromatic N) is 4. The Kier molecular flexibility index (Phi) is 5.65. The molecule has 2 aromatic carbocycles. The fourth-order valence-electron chi connectivity index (χ4n) is 3.66. The Bertz CT molecular complexity index is 1180. The molecular formula is C23H22ClN5O2. The molecule has 0 saturated carbocycles. The van der Waals surface area contributed by atoms with Gasteiger partial charge >= 0.3 is 0 Å². The molecule has 0 bridgehead atoms. The molecule has 31 heavy (non-hydrogen) atoms. The van der Waals surface area contributed by atoms with Gasteiger partial charge in [-0.3, -0.25) is 5.32 Å². The Labute approximate surface area is 185 Å². The molecule has 5 rings (SSSR count). The summed E-state index contributed by atoms with van der Waals surface area (Å²) in [5.74, 6) is 0. The average molecular weight is 436 g/mol. The van der Waals surface area contributed by atoms with Crippen molar-refractivity contribution in [1.82, 2.24) is 25.3 Å². The van der Waals surface area contributed by atoms with Gasteiger partial charge in [-0.15, -0.1) is 10.2 Å². The van der Waals surface area contributed by atoms with Crippen molar-refractivity contribution < 1.29 is 9.47 Å². The number of benzene rings is 2. The Balaban J connectivity index is 1.54. The number of hydrogen-bond acceptors (Lipinski definition) is 6. The van der Waals surface area contributed by atoms with E-state index in [0.29, 0.717) is 29.5 Å². The van der Waals surface area contributed by atoms with Gasteiger partial charge in [-0.25, -0.2) is 4.68 Å². The highest BCUT2D eigenvalue weighted by Crippen LogP contribution is 2.37. The lowest BCUT2D eigenvalue weighted by molar-refractivity contribution is 0.194. The highest BCUT2D eigenvalue weighted by molar-refractivity contribution is 6.38. The van der Waals surface area contributed by atoms with Crippen molar-refractivity contribution in [2.45, 2.75) is 18.9 Å². The van der Waals surface area contributed by atoms with E-state index in [0.717, 1.165) is 28.8 Å². The Morgan fingerprint density at radius 1 is 1.00 bits per heavy atom. The van der Waals surface area contributed by atoms with E-state index >= 15 is 0 Å². The van der Waals surface area contributed by atoms with Gasteiger partial charge in [-0.05, 0) is 0 Å². The topological polar surface area (TPSA) is 77.4 Å². The molecule has 1 N–H and O–H groups in total. The SMILES string of the molecule is COCCNC1OC1Cn1nc(-c2ccccc2)c2c(Cl)c(-c3ccccc3)nnc21. The van der Waals surface area contributed by atoms with Crippen LogP contribution in [0, 0.1) is 0 Å². The number of hydrogen-bond donors (Lipinski definition) is 1. The first-order chi connectivity index (χ1) is 15.3. The quantitative estimate of drug-likeness (QED) is 0.335. The number of epoxide rings is 1. The van der Waals surface area contributed by atoms with E-state index in [1.54, 1.807) is 7.11 Å². The molecule has 8 heteroatoms. The fourth-order valence-corrected chi connectivity index (χ4v) is 3.98. The molecule has 1 saturated heterocycles. The lowest BCUT2D eigenvalue weighted by Gasteiger charge is -2.05. The molecule has 4 aromatic rings. The van der Waals surface area contributed by atoms with Crippen molar-refractivity contribution in [3.63, 3.8) is 0 Å². The third-order valence-corrected chi connectivity index (χ3v) is 5.65. The van der Waals surface area contributed by atoms with Gasteiger partial charge in [0.05, 0.1) is 23.6 Å². The number of halogens is 1. The van der Waals surface area contributed by atoms with Crippen molar-refractivity contribution >= 4 is 22.6 Å². The molecule has 2 unspecified atom stereocenters. The van der Waals surface area contributed by atoms with Crippen molar-refractivity contribution in [3.8, 4) is 22.5 Å². The van der Waals surface area contributed by atoms with Crippen molar-refractivity contribution in [2.75, 3.05) is 20.3 Å². The zero-order valence-electron chi connectivity index (χ0n) is 17.0. The summed E-state index contributed by atoms with van der Waals surface area (Å²) in [7, 11) is 1.68. The molecule has 1 aliphatic heterocycles. The maximum absolute atomic E-state index is 6.90. The minimum atomic E-state index is -0.0124. The highest BCUT2D eigenvalue weighted by Gasteiger charge is 2.39. The molecule has 0 aliphatic carbocycles. The number of nitrogens with one attached hydrogen (secondary N) is 1. The van der Waals surface area contributed by atoms with Crippen LogP contribution in [0.25, 0.3) is 33.5 Å². The van der Waals surface area contributed by atoms with Crippen LogP contribution in [-0.4, -0.2) is 52.6 Å². The van der Waals surface area contributed by atoms with E-state index in [2.05, 4.69) is 15.5 Å². The molecule has 7 nitrogen and oxygen atoms in total. The van der Waals surface area contributed by atoms with Crippen molar-refractivity contribution in [3.05, 3.63) is 65.7 Å². The van der Waals surface area contributed by atoms with Crippen LogP contribution in [0.2, 0.25) is 5.02 Å². The number of fused-ring (bicyclic) bond motifs is 1. The van der Waals surface area contributed by atoms with Crippen LogP contribution in [0.3, 0.4) is 0 Å². The Morgan fingerprint density at radius 2 is 1.68 bits per heavy atom. The van der Waals surface area contributed by atoms with E-state index in [9.17, 15) is 0 Å². The fraction of sp³-hybridized carbons (Fsp3) is 0.261. The van der Waals surface area contributed by atoms with E-state index in [1.807, 2.05) is 65.3 Å². The molecule has 0 spiro atoms.